The van der Waals surface area contributed by atoms with Crippen LogP contribution in [0.4, 0.5) is 13.2 Å². The summed E-state index contributed by atoms with van der Waals surface area (Å²) >= 11 is 7.89. The van der Waals surface area contributed by atoms with E-state index in [1.54, 1.807) is 12.3 Å². The quantitative estimate of drug-likeness (QED) is 0.427. The minimum absolute atomic E-state index is 0.0236. The number of pyridine rings is 1. The van der Waals surface area contributed by atoms with Gasteiger partial charge in [0, 0.05) is 22.8 Å². The maximum absolute atomic E-state index is 12.7. The normalized spacial score (nSPS) is 13.9. The number of carbonyl (C=O) groups is 2. The van der Waals surface area contributed by atoms with Gasteiger partial charge in [-0.05, 0) is 24.5 Å². The molecule has 11 heteroatoms. The number of rotatable bonds is 5. The fourth-order valence-corrected chi connectivity index (χ4v) is 4.25. The summed E-state index contributed by atoms with van der Waals surface area (Å²) in [7, 11) is 0. The van der Waals surface area contributed by atoms with Gasteiger partial charge in [-0.3, -0.25) is 24.8 Å². The molecule has 4 rings (SSSR count). The van der Waals surface area contributed by atoms with Gasteiger partial charge in [0.15, 0.2) is 5.65 Å². The largest absolute Gasteiger partial charge is 0.472 e. The Labute approximate surface area is 184 Å². The van der Waals surface area contributed by atoms with Crippen molar-refractivity contribution in [3.63, 3.8) is 0 Å². The van der Waals surface area contributed by atoms with Gasteiger partial charge in [-0.1, -0.05) is 41.9 Å². The first kappa shape index (κ1) is 21.5. The fraction of sp³-hybridized carbons (Fsp3) is 0.250. The molecule has 0 saturated heterocycles. The summed E-state index contributed by atoms with van der Waals surface area (Å²) in [6.45, 7) is 0. The Balaban J connectivity index is 1.64. The number of nitrogens with zero attached hydrogens (tertiary/aromatic N) is 2. The van der Waals surface area contributed by atoms with E-state index in [-0.39, 0.29) is 11.6 Å². The highest BCUT2D eigenvalue weighted by Crippen LogP contribution is 2.42. The zero-order valence-corrected chi connectivity index (χ0v) is 17.4. The third-order valence-corrected chi connectivity index (χ3v) is 5.96. The molecular formula is C20H16ClF3N4O2S. The number of halogens is 4. The third-order valence-electron chi connectivity index (χ3n) is 4.65. The van der Waals surface area contributed by atoms with Crippen LogP contribution in [0.25, 0.3) is 5.65 Å². The van der Waals surface area contributed by atoms with Crippen LogP contribution in [-0.2, 0) is 10.5 Å². The molecule has 2 amide bonds. The van der Waals surface area contributed by atoms with E-state index in [4.69, 9.17) is 11.6 Å². The van der Waals surface area contributed by atoms with Crippen LogP contribution in [0.5, 0.6) is 0 Å². The van der Waals surface area contributed by atoms with E-state index < -0.39 is 18.0 Å². The van der Waals surface area contributed by atoms with Crippen LogP contribution in [0.2, 0.25) is 5.02 Å². The first-order valence-electron chi connectivity index (χ1n) is 9.30. The van der Waals surface area contributed by atoms with Crippen molar-refractivity contribution in [2.75, 3.05) is 0 Å². The van der Waals surface area contributed by atoms with Gasteiger partial charge < -0.3 is 0 Å². The summed E-state index contributed by atoms with van der Waals surface area (Å²) in [5.74, 6) is -2.47. The molecule has 0 unspecified atom stereocenters. The second-order valence-electron chi connectivity index (χ2n) is 7.02. The van der Waals surface area contributed by atoms with Gasteiger partial charge in [-0.15, -0.1) is 11.8 Å². The van der Waals surface area contributed by atoms with Gasteiger partial charge in [0.05, 0.1) is 10.7 Å². The lowest BCUT2D eigenvalue weighted by Crippen LogP contribution is -2.48. The number of thioether (sulfide) groups is 1. The Kier molecular flexibility index (Phi) is 5.85. The number of nitrogens with one attached hydrogen (secondary N) is 2. The van der Waals surface area contributed by atoms with Crippen molar-refractivity contribution in [1.29, 1.82) is 0 Å². The van der Waals surface area contributed by atoms with E-state index in [2.05, 4.69) is 4.98 Å². The Morgan fingerprint density at radius 3 is 2.55 bits per heavy atom. The molecule has 0 aliphatic heterocycles. The van der Waals surface area contributed by atoms with Crippen molar-refractivity contribution < 1.29 is 22.8 Å². The average Bonchev–Trinajstić information content (AvgIpc) is 3.50. The monoisotopic (exact) mass is 468 g/mol. The van der Waals surface area contributed by atoms with Gasteiger partial charge in [-0.2, -0.15) is 13.2 Å². The van der Waals surface area contributed by atoms with Crippen LogP contribution in [0, 0.1) is 0 Å². The number of amides is 2. The molecule has 0 spiro atoms. The molecule has 0 radical (unpaired) electrons. The van der Waals surface area contributed by atoms with E-state index >= 15 is 0 Å². The first-order chi connectivity index (χ1) is 14.7. The van der Waals surface area contributed by atoms with Gasteiger partial charge in [0.25, 0.3) is 5.91 Å². The highest BCUT2D eigenvalue weighted by molar-refractivity contribution is 7.98. The average molecular weight is 469 g/mol. The molecule has 2 heterocycles. The van der Waals surface area contributed by atoms with Crippen LogP contribution in [0.1, 0.15) is 40.5 Å². The SMILES string of the molecule is O=C(NNC(=O)C(F)(F)F)c1c(C2CC2)nc2c(Cl)cc(SCc3ccccc3)cn12. The van der Waals surface area contributed by atoms with E-state index in [0.29, 0.717) is 22.1 Å². The maximum atomic E-state index is 12.7. The van der Waals surface area contributed by atoms with Crippen molar-refractivity contribution in [2.24, 2.45) is 0 Å². The minimum Gasteiger partial charge on any atom is -0.293 e. The highest BCUT2D eigenvalue weighted by atomic mass is 35.5. The lowest BCUT2D eigenvalue weighted by atomic mass is 10.2. The second kappa shape index (κ2) is 8.43. The van der Waals surface area contributed by atoms with Crippen molar-refractivity contribution in [3.05, 3.63) is 64.6 Å². The molecule has 0 bridgehead atoms. The standard InChI is InChI=1S/C20H16ClF3N4O2S/c21-14-8-13(31-10-11-4-2-1-3-5-11)9-28-16(15(12-6-7-12)25-17(14)28)18(29)26-27-19(30)20(22,23)24/h1-5,8-9,12H,6-7,10H2,(H,26,29)(H,27,30). The molecule has 2 aromatic heterocycles. The topological polar surface area (TPSA) is 75.5 Å². The number of hydrogen-bond acceptors (Lipinski definition) is 4. The number of aromatic nitrogens is 2. The number of alkyl halides is 3. The van der Waals surface area contributed by atoms with Crippen LogP contribution in [0.3, 0.4) is 0 Å². The Bertz CT molecular complexity index is 1150. The maximum Gasteiger partial charge on any atom is 0.472 e. The zero-order valence-electron chi connectivity index (χ0n) is 15.9. The Morgan fingerprint density at radius 2 is 1.90 bits per heavy atom. The summed E-state index contributed by atoms with van der Waals surface area (Å²) in [5.41, 5.74) is 5.17. The number of fused-ring (bicyclic) bond motifs is 1. The molecular weight excluding hydrogens is 453 g/mol. The van der Waals surface area contributed by atoms with E-state index in [1.807, 2.05) is 35.8 Å². The molecule has 1 saturated carbocycles. The predicted molar refractivity (Wildman–Crippen MR) is 110 cm³/mol. The summed E-state index contributed by atoms with van der Waals surface area (Å²) in [6.07, 6.45) is -1.82. The molecule has 162 valence electrons. The van der Waals surface area contributed by atoms with Gasteiger partial charge >= 0.3 is 12.1 Å². The summed E-state index contributed by atoms with van der Waals surface area (Å²) in [4.78, 5) is 29.0. The second-order valence-corrected chi connectivity index (χ2v) is 8.47. The molecule has 1 aliphatic rings. The number of carbonyl (C=O) groups excluding carboxylic acids is 2. The molecule has 3 aromatic rings. The predicted octanol–water partition coefficient (Wildman–Crippen LogP) is 4.48. The Morgan fingerprint density at radius 1 is 1.19 bits per heavy atom. The number of benzene rings is 1. The first-order valence-corrected chi connectivity index (χ1v) is 10.7. The number of imidazole rings is 1. The lowest BCUT2D eigenvalue weighted by molar-refractivity contribution is -0.174. The molecule has 1 aliphatic carbocycles. The van der Waals surface area contributed by atoms with Crippen LogP contribution >= 0.6 is 23.4 Å². The van der Waals surface area contributed by atoms with Crippen molar-refractivity contribution in [1.82, 2.24) is 20.2 Å². The van der Waals surface area contributed by atoms with E-state index in [0.717, 1.165) is 23.3 Å². The number of hydrogen-bond donors (Lipinski definition) is 2. The number of hydrazine groups is 1. The van der Waals surface area contributed by atoms with Gasteiger partial charge in [0.1, 0.15) is 5.69 Å². The smallest absolute Gasteiger partial charge is 0.293 e. The lowest BCUT2D eigenvalue weighted by Gasteiger charge is -2.11. The van der Waals surface area contributed by atoms with Crippen LogP contribution in [0.15, 0.2) is 47.5 Å². The van der Waals surface area contributed by atoms with Crippen molar-refractivity contribution in [2.45, 2.75) is 35.6 Å². The molecule has 6 nitrogen and oxygen atoms in total. The van der Waals surface area contributed by atoms with Crippen molar-refractivity contribution >= 4 is 40.8 Å². The van der Waals surface area contributed by atoms with Crippen LogP contribution < -0.4 is 10.9 Å². The van der Waals surface area contributed by atoms with Gasteiger partial charge in [-0.25, -0.2) is 4.98 Å². The van der Waals surface area contributed by atoms with Gasteiger partial charge in [0.2, 0.25) is 0 Å². The zero-order chi connectivity index (χ0) is 22.2. The molecule has 1 fully saturated rings. The Hall–Kier alpha value is -2.72. The van der Waals surface area contributed by atoms with E-state index in [9.17, 15) is 22.8 Å². The van der Waals surface area contributed by atoms with Crippen LogP contribution in [-0.4, -0.2) is 27.4 Å². The fourth-order valence-electron chi connectivity index (χ4n) is 3.03. The molecule has 1 aromatic carbocycles. The summed E-state index contributed by atoms with van der Waals surface area (Å²) < 4.78 is 38.8. The molecule has 2 N–H and O–H groups in total. The minimum atomic E-state index is -5.11. The summed E-state index contributed by atoms with van der Waals surface area (Å²) in [6, 6.07) is 11.5. The molecule has 31 heavy (non-hydrogen) atoms. The third kappa shape index (κ3) is 4.80. The molecule has 0 atom stereocenters. The summed E-state index contributed by atoms with van der Waals surface area (Å²) in [5, 5.41) is 0.318. The van der Waals surface area contributed by atoms with E-state index in [1.165, 1.54) is 21.6 Å². The highest BCUT2D eigenvalue weighted by Gasteiger charge is 2.39. The van der Waals surface area contributed by atoms with Crippen molar-refractivity contribution in [3.8, 4) is 0 Å².